The molecule has 1 aromatic carbocycles. The summed E-state index contributed by atoms with van der Waals surface area (Å²) in [4.78, 5) is 0.263. The minimum absolute atomic E-state index is 0.0217. The van der Waals surface area contributed by atoms with Crippen molar-refractivity contribution in [1.29, 1.82) is 0 Å². The predicted octanol–water partition coefficient (Wildman–Crippen LogP) is 1.87. The van der Waals surface area contributed by atoms with Gasteiger partial charge >= 0.3 is 0 Å². The minimum atomic E-state index is -3.51. The number of aryl methyl sites for hydroxylation is 1. The van der Waals surface area contributed by atoms with Crippen LogP contribution in [-0.4, -0.2) is 31.0 Å². The molecule has 2 aliphatic heterocycles. The van der Waals surface area contributed by atoms with E-state index in [1.165, 1.54) is 4.31 Å². The number of hydrogen-bond donors (Lipinski definition) is 0. The Morgan fingerprint density at radius 1 is 1.29 bits per heavy atom. The van der Waals surface area contributed by atoms with Crippen LogP contribution in [0.4, 0.5) is 4.39 Å². The molecule has 3 nitrogen and oxygen atoms in total. The molecule has 2 bridgehead atoms. The predicted molar refractivity (Wildman–Crippen MR) is 61.9 cm³/mol. The van der Waals surface area contributed by atoms with Gasteiger partial charge in [-0.25, -0.2) is 12.8 Å². The van der Waals surface area contributed by atoms with Crippen molar-refractivity contribution >= 4 is 10.0 Å². The first-order chi connectivity index (χ1) is 7.91. The molecule has 1 aliphatic carbocycles. The molecule has 0 spiro atoms. The van der Waals surface area contributed by atoms with Crippen molar-refractivity contribution in [2.24, 2.45) is 0 Å². The molecular weight excluding hydrogens is 241 g/mol. The van der Waals surface area contributed by atoms with Crippen LogP contribution in [0.5, 0.6) is 0 Å². The van der Waals surface area contributed by atoms with E-state index in [2.05, 4.69) is 0 Å². The molecule has 5 heteroatoms. The third-order valence-corrected chi connectivity index (χ3v) is 5.59. The molecule has 0 aromatic heterocycles. The van der Waals surface area contributed by atoms with Crippen molar-refractivity contribution in [2.45, 2.75) is 36.4 Å². The SMILES string of the molecule is Cc1ccc(S(=O)(=O)N2CC3(F)CC2C3)cc1. The summed E-state index contributed by atoms with van der Waals surface area (Å²) in [6.07, 6.45) is 0.718. The zero-order valence-electron chi connectivity index (χ0n) is 9.56. The zero-order chi connectivity index (χ0) is 12.3. The maximum absolute atomic E-state index is 13.7. The molecule has 17 heavy (non-hydrogen) atoms. The van der Waals surface area contributed by atoms with Gasteiger partial charge in [-0.3, -0.25) is 0 Å². The Morgan fingerprint density at radius 2 is 1.88 bits per heavy atom. The van der Waals surface area contributed by atoms with Gasteiger partial charge in [-0.05, 0) is 31.9 Å². The lowest BCUT2D eigenvalue weighted by Crippen LogP contribution is -2.37. The van der Waals surface area contributed by atoms with Crippen molar-refractivity contribution < 1.29 is 12.8 Å². The van der Waals surface area contributed by atoms with Crippen molar-refractivity contribution in [3.8, 4) is 0 Å². The van der Waals surface area contributed by atoms with Gasteiger partial charge in [-0.1, -0.05) is 17.7 Å². The molecule has 0 radical (unpaired) electrons. The average Bonchev–Trinajstić information content (AvgIpc) is 2.72. The second-order valence-corrected chi connectivity index (χ2v) is 6.97. The van der Waals surface area contributed by atoms with Gasteiger partial charge in [0.05, 0.1) is 4.90 Å². The highest BCUT2D eigenvalue weighted by Crippen LogP contribution is 2.49. The Labute approximate surface area is 100 Å². The summed E-state index contributed by atoms with van der Waals surface area (Å²) < 4.78 is 39.6. The number of halogens is 1. The Morgan fingerprint density at radius 3 is 2.35 bits per heavy atom. The quantitative estimate of drug-likeness (QED) is 0.809. The fourth-order valence-corrected chi connectivity index (χ4v) is 4.35. The van der Waals surface area contributed by atoms with Gasteiger partial charge in [-0.2, -0.15) is 4.31 Å². The third kappa shape index (κ3) is 1.60. The van der Waals surface area contributed by atoms with Crippen molar-refractivity contribution in [3.05, 3.63) is 29.8 Å². The molecule has 92 valence electrons. The number of rotatable bonds is 2. The first-order valence-electron chi connectivity index (χ1n) is 5.68. The van der Waals surface area contributed by atoms with Crippen LogP contribution in [-0.2, 0) is 10.0 Å². The zero-order valence-corrected chi connectivity index (χ0v) is 10.4. The van der Waals surface area contributed by atoms with E-state index < -0.39 is 15.7 Å². The third-order valence-electron chi connectivity index (χ3n) is 3.68. The lowest BCUT2D eigenvalue weighted by atomic mass is 9.83. The van der Waals surface area contributed by atoms with Crippen molar-refractivity contribution in [1.82, 2.24) is 4.31 Å². The van der Waals surface area contributed by atoms with Crippen molar-refractivity contribution in [2.75, 3.05) is 6.54 Å². The number of hydrogen-bond acceptors (Lipinski definition) is 2. The van der Waals surface area contributed by atoms with Crippen LogP contribution in [0.3, 0.4) is 0 Å². The molecule has 1 aromatic rings. The number of fused-ring (bicyclic) bond motifs is 1. The highest BCUT2D eigenvalue weighted by atomic mass is 32.2. The fourth-order valence-electron chi connectivity index (χ4n) is 2.65. The highest BCUT2D eigenvalue weighted by molar-refractivity contribution is 7.89. The van der Waals surface area contributed by atoms with Crippen LogP contribution in [0.2, 0.25) is 0 Å². The van der Waals surface area contributed by atoms with Crippen LogP contribution in [0.15, 0.2) is 29.2 Å². The summed E-state index contributed by atoms with van der Waals surface area (Å²) in [5.41, 5.74) is -0.251. The van der Waals surface area contributed by atoms with E-state index in [0.29, 0.717) is 12.8 Å². The van der Waals surface area contributed by atoms with Gasteiger partial charge in [-0.15, -0.1) is 0 Å². The normalized spacial score (nSPS) is 32.5. The molecule has 1 saturated carbocycles. The van der Waals surface area contributed by atoms with E-state index in [9.17, 15) is 12.8 Å². The van der Waals surface area contributed by atoms with E-state index in [1.54, 1.807) is 24.3 Å². The van der Waals surface area contributed by atoms with E-state index >= 15 is 0 Å². The van der Waals surface area contributed by atoms with E-state index in [1.807, 2.05) is 6.92 Å². The monoisotopic (exact) mass is 255 g/mol. The van der Waals surface area contributed by atoms with E-state index in [4.69, 9.17) is 0 Å². The van der Waals surface area contributed by atoms with Gasteiger partial charge in [0.1, 0.15) is 5.67 Å². The second kappa shape index (κ2) is 3.29. The molecule has 0 N–H and O–H groups in total. The molecule has 0 atom stereocenters. The minimum Gasteiger partial charge on any atom is -0.242 e. The molecule has 3 fully saturated rings. The van der Waals surface area contributed by atoms with Crippen molar-refractivity contribution in [3.63, 3.8) is 0 Å². The van der Waals surface area contributed by atoms with Gasteiger partial charge in [0.15, 0.2) is 0 Å². The number of benzene rings is 1. The second-order valence-electron chi connectivity index (χ2n) is 5.08. The van der Waals surface area contributed by atoms with E-state index in [-0.39, 0.29) is 17.5 Å². The first kappa shape index (κ1) is 11.2. The maximum atomic E-state index is 13.7. The van der Waals surface area contributed by atoms with Crippen LogP contribution in [0.1, 0.15) is 18.4 Å². The lowest BCUT2D eigenvalue weighted by Gasteiger charge is -2.29. The Hall–Kier alpha value is -0.940. The molecular formula is C12H14FNO2S. The molecule has 3 aliphatic rings. The average molecular weight is 255 g/mol. The van der Waals surface area contributed by atoms with Gasteiger partial charge < -0.3 is 0 Å². The molecule has 0 amide bonds. The Kier molecular flexibility index (Phi) is 2.16. The molecule has 4 rings (SSSR count). The first-order valence-corrected chi connectivity index (χ1v) is 7.12. The summed E-state index contributed by atoms with van der Waals surface area (Å²) >= 11 is 0. The maximum Gasteiger partial charge on any atom is 0.243 e. The standard InChI is InChI=1S/C12H14FNO2S/c1-9-2-4-11(5-3-9)17(15,16)14-8-12(13)6-10(14)7-12/h2-5,10H,6-8H2,1H3. The summed E-state index contributed by atoms with van der Waals surface area (Å²) in [5, 5.41) is 0. The van der Waals surface area contributed by atoms with Crippen LogP contribution in [0, 0.1) is 6.92 Å². The molecule has 2 heterocycles. The van der Waals surface area contributed by atoms with Gasteiger partial charge in [0, 0.05) is 12.6 Å². The van der Waals surface area contributed by atoms with E-state index in [0.717, 1.165) is 5.56 Å². The summed E-state index contributed by atoms with van der Waals surface area (Å²) in [6, 6.07) is 6.57. The summed E-state index contributed by atoms with van der Waals surface area (Å²) in [6.45, 7) is 1.92. The fraction of sp³-hybridized carbons (Fsp3) is 0.500. The topological polar surface area (TPSA) is 37.4 Å². The molecule has 0 unspecified atom stereocenters. The van der Waals surface area contributed by atoms with Gasteiger partial charge in [0.2, 0.25) is 10.0 Å². The van der Waals surface area contributed by atoms with Crippen LogP contribution in [0.25, 0.3) is 0 Å². The molecule has 2 saturated heterocycles. The Balaban J connectivity index is 1.94. The van der Waals surface area contributed by atoms with Gasteiger partial charge in [0.25, 0.3) is 0 Å². The highest BCUT2D eigenvalue weighted by Gasteiger charge is 2.59. The van der Waals surface area contributed by atoms with Crippen LogP contribution >= 0.6 is 0 Å². The lowest BCUT2D eigenvalue weighted by molar-refractivity contribution is 0.112. The number of sulfonamides is 1. The van der Waals surface area contributed by atoms with Crippen LogP contribution < -0.4 is 0 Å². The smallest absolute Gasteiger partial charge is 0.242 e. The number of nitrogens with zero attached hydrogens (tertiary/aromatic N) is 1. The number of alkyl halides is 1. The largest absolute Gasteiger partial charge is 0.243 e. The summed E-state index contributed by atoms with van der Waals surface area (Å²) in [7, 11) is -3.51. The summed E-state index contributed by atoms with van der Waals surface area (Å²) in [5.74, 6) is 0. The Bertz CT molecular complexity index is 546.